The third-order valence-corrected chi connectivity index (χ3v) is 5.42. The van der Waals surface area contributed by atoms with E-state index in [-0.39, 0.29) is 5.56 Å². The van der Waals surface area contributed by atoms with Gasteiger partial charge in [0, 0.05) is 0 Å². The quantitative estimate of drug-likeness (QED) is 0.425. The summed E-state index contributed by atoms with van der Waals surface area (Å²) >= 11 is 5.26. The van der Waals surface area contributed by atoms with Gasteiger partial charge in [0.2, 0.25) is 11.6 Å². The number of rotatable bonds is 7. The fraction of sp³-hybridized carbons (Fsp3) is 0.526. The lowest BCUT2D eigenvalue weighted by Gasteiger charge is -2.17. The Bertz CT molecular complexity index is 835. The Morgan fingerprint density at radius 2 is 1.50 bits per heavy atom. The predicted octanol–water partition coefficient (Wildman–Crippen LogP) is 4.99. The number of allylic oxidation sites excluding steroid dienone is 2. The maximum Gasteiger partial charge on any atom is 0.426 e. The van der Waals surface area contributed by atoms with Crippen molar-refractivity contribution >= 4 is 17.6 Å². The van der Waals surface area contributed by atoms with Crippen molar-refractivity contribution in [1.29, 1.82) is 0 Å². The van der Waals surface area contributed by atoms with Gasteiger partial charge in [0.15, 0.2) is 17.2 Å². The van der Waals surface area contributed by atoms with Crippen LogP contribution in [0.4, 0.5) is 22.0 Å². The molecule has 0 spiro atoms. The van der Waals surface area contributed by atoms with Crippen LogP contribution in [-0.2, 0) is 16.1 Å². The van der Waals surface area contributed by atoms with Crippen LogP contribution >= 0.6 is 11.6 Å². The van der Waals surface area contributed by atoms with Crippen LogP contribution in [0.15, 0.2) is 11.1 Å². The summed E-state index contributed by atoms with van der Waals surface area (Å²) in [5, 5.41) is -1.33. The molecule has 1 fully saturated rings. The number of carbonyl (C=O) groups is 1. The van der Waals surface area contributed by atoms with E-state index in [0.29, 0.717) is 0 Å². The largest absolute Gasteiger partial charge is 0.493 e. The van der Waals surface area contributed by atoms with Crippen molar-refractivity contribution in [2.45, 2.75) is 26.6 Å². The Morgan fingerprint density at radius 3 is 1.90 bits per heavy atom. The lowest BCUT2D eigenvalue weighted by molar-refractivity contribution is -0.147. The van der Waals surface area contributed by atoms with Gasteiger partial charge in [-0.2, -0.15) is 22.0 Å². The number of esters is 1. The first-order chi connectivity index (χ1) is 13.8. The molecule has 5 nitrogen and oxygen atoms in total. The van der Waals surface area contributed by atoms with E-state index in [1.54, 1.807) is 13.8 Å². The molecule has 0 aliphatic heterocycles. The molecule has 30 heavy (non-hydrogen) atoms. The van der Waals surface area contributed by atoms with Crippen LogP contribution in [0.25, 0.3) is 0 Å². The van der Waals surface area contributed by atoms with Crippen LogP contribution in [0.2, 0.25) is 0 Å². The topological polar surface area (TPSA) is 54.0 Å². The molecule has 0 saturated heterocycles. The molecule has 1 saturated carbocycles. The summed E-state index contributed by atoms with van der Waals surface area (Å²) in [6, 6.07) is 0. The number of benzene rings is 1. The third-order valence-electron chi connectivity index (χ3n) is 5.08. The molecule has 1 aliphatic carbocycles. The van der Waals surface area contributed by atoms with Crippen LogP contribution in [0.5, 0.6) is 17.2 Å². The number of carbonyl (C=O) groups excluding carboxylic acids is 1. The van der Waals surface area contributed by atoms with Crippen molar-refractivity contribution < 1.29 is 45.7 Å². The fourth-order valence-electron chi connectivity index (χ4n) is 3.33. The second-order valence-electron chi connectivity index (χ2n) is 7.15. The van der Waals surface area contributed by atoms with Gasteiger partial charge < -0.3 is 18.9 Å². The van der Waals surface area contributed by atoms with Gasteiger partial charge >= 0.3 is 12.1 Å². The minimum Gasteiger partial charge on any atom is -0.493 e. The number of ether oxygens (including phenoxy) is 4. The molecule has 0 bridgehead atoms. The van der Waals surface area contributed by atoms with Crippen molar-refractivity contribution in [3.05, 3.63) is 28.3 Å². The average molecular weight is 459 g/mol. The number of halogens is 6. The summed E-state index contributed by atoms with van der Waals surface area (Å²) in [6.45, 7) is 2.52. The average Bonchev–Trinajstić information content (AvgIpc) is 3.19. The zero-order valence-corrected chi connectivity index (χ0v) is 17.5. The SMILES string of the molecule is COc1c(F)c(OC)c(COC(=O)[C@@H]2[C@H](C=C(Cl)C(F)(F)F)C2(C)C)c(OC)c1F. The van der Waals surface area contributed by atoms with Crippen molar-refractivity contribution in [3.63, 3.8) is 0 Å². The van der Waals surface area contributed by atoms with E-state index < -0.39 is 69.9 Å². The van der Waals surface area contributed by atoms with Crippen LogP contribution in [-0.4, -0.2) is 33.5 Å². The van der Waals surface area contributed by atoms with Crippen LogP contribution in [0.3, 0.4) is 0 Å². The first-order valence-electron chi connectivity index (χ1n) is 8.59. The van der Waals surface area contributed by atoms with Gasteiger partial charge in [-0.3, -0.25) is 4.79 Å². The predicted molar refractivity (Wildman–Crippen MR) is 96.6 cm³/mol. The van der Waals surface area contributed by atoms with E-state index in [4.69, 9.17) is 25.8 Å². The highest BCUT2D eigenvalue weighted by Crippen LogP contribution is 2.60. The van der Waals surface area contributed by atoms with Gasteiger partial charge in [-0.25, -0.2) is 0 Å². The first kappa shape index (κ1) is 24.0. The molecule has 0 heterocycles. The van der Waals surface area contributed by atoms with Crippen molar-refractivity contribution in [3.8, 4) is 17.2 Å². The Kier molecular flexibility index (Phi) is 6.80. The van der Waals surface area contributed by atoms with E-state index in [1.165, 1.54) is 0 Å². The second-order valence-corrected chi connectivity index (χ2v) is 7.56. The summed E-state index contributed by atoms with van der Waals surface area (Å²) in [4.78, 5) is 12.5. The summed E-state index contributed by atoms with van der Waals surface area (Å²) in [5.41, 5.74) is -1.07. The van der Waals surface area contributed by atoms with E-state index in [9.17, 15) is 26.7 Å². The van der Waals surface area contributed by atoms with Gasteiger partial charge in [0.1, 0.15) is 11.6 Å². The molecule has 11 heteroatoms. The standard InChI is InChI=1S/C19H20ClF5O5/c1-18(2)9(6-10(20)19(23,24)25)11(18)17(26)30-7-8-14(27-3)12(21)16(29-5)13(22)15(8)28-4/h6,9,11H,7H2,1-5H3/t9-,11-/m0/s1. The second kappa shape index (κ2) is 8.49. The number of hydrogen-bond donors (Lipinski definition) is 0. The minimum absolute atomic E-state index is 0.233. The van der Waals surface area contributed by atoms with Crippen molar-refractivity contribution in [2.75, 3.05) is 21.3 Å². The van der Waals surface area contributed by atoms with E-state index in [1.807, 2.05) is 0 Å². The molecule has 1 aromatic carbocycles. The third kappa shape index (κ3) is 4.28. The minimum atomic E-state index is -4.73. The van der Waals surface area contributed by atoms with Crippen molar-refractivity contribution in [1.82, 2.24) is 0 Å². The van der Waals surface area contributed by atoms with Crippen LogP contribution in [0, 0.1) is 28.9 Å². The normalized spacial score (nSPS) is 20.6. The van der Waals surface area contributed by atoms with Crippen molar-refractivity contribution in [2.24, 2.45) is 17.3 Å². The Labute approximate surface area is 174 Å². The summed E-state index contributed by atoms with van der Waals surface area (Å²) in [5.74, 6) is -6.55. The zero-order chi connectivity index (χ0) is 23.0. The summed E-state index contributed by atoms with van der Waals surface area (Å²) < 4.78 is 86.5. The smallest absolute Gasteiger partial charge is 0.426 e. The molecule has 168 valence electrons. The Morgan fingerprint density at radius 1 is 1.03 bits per heavy atom. The molecule has 1 aliphatic rings. The van der Waals surface area contributed by atoms with Gasteiger partial charge in [-0.05, 0) is 11.3 Å². The van der Waals surface area contributed by atoms with E-state index >= 15 is 0 Å². The molecule has 0 amide bonds. The highest BCUT2D eigenvalue weighted by molar-refractivity contribution is 6.30. The molecule has 2 rings (SSSR count). The van der Waals surface area contributed by atoms with Gasteiger partial charge in [0.25, 0.3) is 0 Å². The molecular formula is C19H20ClF5O5. The molecule has 2 atom stereocenters. The lowest BCUT2D eigenvalue weighted by atomic mass is 10.1. The molecular weight excluding hydrogens is 439 g/mol. The molecule has 0 N–H and O–H groups in total. The maximum absolute atomic E-state index is 14.4. The summed E-state index contributed by atoms with van der Waals surface area (Å²) in [7, 11) is 3.28. The molecule has 0 unspecified atom stereocenters. The highest BCUT2D eigenvalue weighted by Gasteiger charge is 2.62. The van der Waals surface area contributed by atoms with Gasteiger partial charge in [-0.15, -0.1) is 0 Å². The molecule has 1 aromatic rings. The zero-order valence-electron chi connectivity index (χ0n) is 16.7. The fourth-order valence-corrected chi connectivity index (χ4v) is 3.47. The van der Waals surface area contributed by atoms with Crippen LogP contribution < -0.4 is 14.2 Å². The van der Waals surface area contributed by atoms with Gasteiger partial charge in [-0.1, -0.05) is 31.5 Å². The lowest BCUT2D eigenvalue weighted by Crippen LogP contribution is -2.13. The van der Waals surface area contributed by atoms with E-state index in [0.717, 1.165) is 27.4 Å². The number of methoxy groups -OCH3 is 3. The summed E-state index contributed by atoms with van der Waals surface area (Å²) in [6.07, 6.45) is -3.96. The van der Waals surface area contributed by atoms with E-state index in [2.05, 4.69) is 4.74 Å². The molecule has 0 aromatic heterocycles. The monoisotopic (exact) mass is 458 g/mol. The first-order valence-corrected chi connectivity index (χ1v) is 8.97. The number of hydrogen-bond acceptors (Lipinski definition) is 5. The Hall–Kier alpha value is -2.23. The Balaban J connectivity index is 2.27. The molecule has 0 radical (unpaired) electrons. The van der Waals surface area contributed by atoms with Gasteiger partial charge in [0.05, 0.1) is 32.8 Å². The maximum atomic E-state index is 14.4. The number of alkyl halides is 3. The van der Waals surface area contributed by atoms with Crippen LogP contribution in [0.1, 0.15) is 19.4 Å². The highest BCUT2D eigenvalue weighted by atomic mass is 35.5.